The van der Waals surface area contributed by atoms with Gasteiger partial charge in [-0.2, -0.15) is 0 Å². The van der Waals surface area contributed by atoms with E-state index in [1.807, 2.05) is 0 Å². The summed E-state index contributed by atoms with van der Waals surface area (Å²) in [5.41, 5.74) is 0.251. The van der Waals surface area contributed by atoms with E-state index >= 15 is 0 Å². The summed E-state index contributed by atoms with van der Waals surface area (Å²) in [6.07, 6.45) is 5.31. The van der Waals surface area contributed by atoms with Gasteiger partial charge in [-0.05, 0) is 25.2 Å². The third-order valence-electron chi connectivity index (χ3n) is 3.49. The second kappa shape index (κ2) is 6.65. The lowest BCUT2D eigenvalue weighted by molar-refractivity contribution is -0.137. The fourth-order valence-corrected chi connectivity index (χ4v) is 2.51. The lowest BCUT2D eigenvalue weighted by atomic mass is 9.92. The number of nitrogens with zero attached hydrogens (tertiary/aromatic N) is 3. The van der Waals surface area contributed by atoms with Crippen molar-refractivity contribution in [1.29, 1.82) is 0 Å². The van der Waals surface area contributed by atoms with E-state index in [2.05, 4.69) is 9.97 Å². The van der Waals surface area contributed by atoms with E-state index in [9.17, 15) is 9.59 Å². The monoisotopic (exact) mass is 297 g/mol. The number of aromatic nitrogens is 2. The van der Waals surface area contributed by atoms with Crippen molar-refractivity contribution in [3.8, 4) is 0 Å². The molecule has 108 valence electrons. The highest BCUT2D eigenvalue weighted by atomic mass is 35.5. The Morgan fingerprint density at radius 1 is 1.35 bits per heavy atom. The maximum Gasteiger partial charge on any atom is 0.303 e. The minimum Gasteiger partial charge on any atom is -0.481 e. The lowest BCUT2D eigenvalue weighted by Gasteiger charge is -2.31. The minimum absolute atomic E-state index is 0.170. The number of rotatable bonds is 4. The molecule has 1 N–H and O–H groups in total. The van der Waals surface area contributed by atoms with Crippen LogP contribution in [-0.2, 0) is 4.79 Å². The third-order valence-corrected chi connectivity index (χ3v) is 3.67. The van der Waals surface area contributed by atoms with Crippen molar-refractivity contribution in [2.24, 2.45) is 5.92 Å². The lowest BCUT2D eigenvalue weighted by Crippen LogP contribution is -2.39. The van der Waals surface area contributed by atoms with Crippen molar-refractivity contribution in [1.82, 2.24) is 14.9 Å². The number of hydrogen-bond donors (Lipinski definition) is 1. The molecule has 0 radical (unpaired) electrons. The molecule has 0 atom stereocenters. The van der Waals surface area contributed by atoms with Crippen LogP contribution in [0.25, 0.3) is 0 Å². The summed E-state index contributed by atoms with van der Waals surface area (Å²) in [6, 6.07) is 0. The Kier molecular flexibility index (Phi) is 4.89. The van der Waals surface area contributed by atoms with Crippen molar-refractivity contribution < 1.29 is 14.7 Å². The summed E-state index contributed by atoms with van der Waals surface area (Å²) in [4.78, 5) is 32.3. The zero-order valence-electron chi connectivity index (χ0n) is 11.0. The largest absolute Gasteiger partial charge is 0.481 e. The van der Waals surface area contributed by atoms with Gasteiger partial charge in [-0.15, -0.1) is 0 Å². The molecule has 20 heavy (non-hydrogen) atoms. The van der Waals surface area contributed by atoms with Crippen LogP contribution >= 0.6 is 11.6 Å². The molecule has 0 saturated carbocycles. The molecule has 1 aliphatic heterocycles. The molecule has 2 heterocycles. The second-order valence-corrected chi connectivity index (χ2v) is 5.28. The van der Waals surface area contributed by atoms with E-state index in [1.165, 1.54) is 12.4 Å². The molecule has 0 aromatic carbocycles. The Hall–Kier alpha value is -1.69. The van der Waals surface area contributed by atoms with Crippen LogP contribution in [0.5, 0.6) is 0 Å². The molecule has 1 aliphatic rings. The SMILES string of the molecule is O=C(O)CCC1CCN(C(=O)c2cncc(Cl)n2)CC1. The standard InChI is InChI=1S/C13H16ClN3O3/c14-11-8-15-7-10(16-11)13(20)17-5-3-9(4-6-17)1-2-12(18)19/h7-9H,1-6H2,(H,18,19). The van der Waals surface area contributed by atoms with Crippen LogP contribution in [0, 0.1) is 5.92 Å². The fraction of sp³-hybridized carbons (Fsp3) is 0.538. The molecular weight excluding hydrogens is 282 g/mol. The topological polar surface area (TPSA) is 83.4 Å². The Labute approximate surface area is 121 Å². The molecule has 7 heteroatoms. The first kappa shape index (κ1) is 14.7. The number of carbonyl (C=O) groups is 2. The average molecular weight is 298 g/mol. The Morgan fingerprint density at radius 3 is 2.65 bits per heavy atom. The van der Waals surface area contributed by atoms with Crippen LogP contribution in [0.3, 0.4) is 0 Å². The number of likely N-dealkylation sites (tertiary alicyclic amines) is 1. The summed E-state index contributed by atoms with van der Waals surface area (Å²) in [7, 11) is 0. The number of amides is 1. The zero-order valence-corrected chi connectivity index (χ0v) is 11.7. The van der Waals surface area contributed by atoms with Crippen molar-refractivity contribution in [2.45, 2.75) is 25.7 Å². The predicted molar refractivity (Wildman–Crippen MR) is 72.5 cm³/mol. The molecule has 0 unspecified atom stereocenters. The quantitative estimate of drug-likeness (QED) is 0.917. The molecule has 1 fully saturated rings. The Morgan fingerprint density at radius 2 is 2.05 bits per heavy atom. The average Bonchev–Trinajstić information content (AvgIpc) is 2.45. The molecule has 1 amide bonds. The van der Waals surface area contributed by atoms with Crippen LogP contribution in [-0.4, -0.2) is 44.9 Å². The van der Waals surface area contributed by atoms with E-state index < -0.39 is 5.97 Å². The van der Waals surface area contributed by atoms with Gasteiger partial charge < -0.3 is 10.0 Å². The van der Waals surface area contributed by atoms with Gasteiger partial charge in [-0.3, -0.25) is 14.6 Å². The fourth-order valence-electron chi connectivity index (χ4n) is 2.36. The van der Waals surface area contributed by atoms with Crippen molar-refractivity contribution >= 4 is 23.5 Å². The van der Waals surface area contributed by atoms with Crippen LogP contribution in [0.2, 0.25) is 5.15 Å². The van der Waals surface area contributed by atoms with E-state index in [4.69, 9.17) is 16.7 Å². The molecule has 1 saturated heterocycles. The van der Waals surface area contributed by atoms with Crippen LogP contribution < -0.4 is 0 Å². The normalized spacial score (nSPS) is 16.1. The van der Waals surface area contributed by atoms with E-state index in [1.54, 1.807) is 4.90 Å². The number of carboxylic acid groups (broad SMARTS) is 1. The van der Waals surface area contributed by atoms with Crippen molar-refractivity contribution in [3.05, 3.63) is 23.2 Å². The highest BCUT2D eigenvalue weighted by Gasteiger charge is 2.24. The Balaban J connectivity index is 1.87. The van der Waals surface area contributed by atoms with Crippen LogP contribution in [0.1, 0.15) is 36.2 Å². The van der Waals surface area contributed by atoms with Crippen molar-refractivity contribution in [3.63, 3.8) is 0 Å². The second-order valence-electron chi connectivity index (χ2n) is 4.90. The van der Waals surface area contributed by atoms with Gasteiger partial charge >= 0.3 is 5.97 Å². The first-order valence-corrected chi connectivity index (χ1v) is 6.92. The van der Waals surface area contributed by atoms with Crippen molar-refractivity contribution in [2.75, 3.05) is 13.1 Å². The van der Waals surface area contributed by atoms with Gasteiger partial charge in [-0.25, -0.2) is 4.98 Å². The van der Waals surface area contributed by atoms with E-state index in [-0.39, 0.29) is 23.2 Å². The van der Waals surface area contributed by atoms with Gasteiger partial charge in [0.1, 0.15) is 10.8 Å². The number of halogens is 1. The first-order valence-electron chi connectivity index (χ1n) is 6.55. The summed E-state index contributed by atoms with van der Waals surface area (Å²) in [5, 5.41) is 8.87. The highest BCUT2D eigenvalue weighted by Crippen LogP contribution is 2.22. The van der Waals surface area contributed by atoms with E-state index in [0.717, 1.165) is 12.8 Å². The summed E-state index contributed by atoms with van der Waals surface area (Å²) < 4.78 is 0. The molecule has 1 aromatic rings. The maximum atomic E-state index is 12.2. The minimum atomic E-state index is -0.766. The van der Waals surface area contributed by atoms with Gasteiger partial charge in [0.2, 0.25) is 0 Å². The number of carbonyl (C=O) groups excluding carboxylic acids is 1. The summed E-state index contributed by atoms with van der Waals surface area (Å²) in [5.74, 6) is -0.560. The smallest absolute Gasteiger partial charge is 0.303 e. The van der Waals surface area contributed by atoms with Gasteiger partial charge in [0.25, 0.3) is 5.91 Å². The molecule has 0 aliphatic carbocycles. The Bertz CT molecular complexity index is 501. The number of hydrogen-bond acceptors (Lipinski definition) is 4. The van der Waals surface area contributed by atoms with Crippen LogP contribution in [0.15, 0.2) is 12.4 Å². The number of aliphatic carboxylic acids is 1. The highest BCUT2D eigenvalue weighted by molar-refractivity contribution is 6.29. The van der Waals surface area contributed by atoms with Gasteiger partial charge in [-0.1, -0.05) is 11.6 Å². The van der Waals surface area contributed by atoms with Gasteiger partial charge in [0, 0.05) is 19.5 Å². The summed E-state index contributed by atoms with van der Waals surface area (Å²) >= 11 is 5.72. The molecule has 0 bridgehead atoms. The molecule has 2 rings (SSSR count). The molecule has 1 aromatic heterocycles. The molecule has 6 nitrogen and oxygen atoms in total. The summed E-state index contributed by atoms with van der Waals surface area (Å²) in [6.45, 7) is 1.24. The maximum absolute atomic E-state index is 12.2. The number of carboxylic acids is 1. The first-order chi connectivity index (χ1) is 9.56. The molecule has 0 spiro atoms. The number of piperidine rings is 1. The van der Waals surface area contributed by atoms with Crippen LogP contribution in [0.4, 0.5) is 0 Å². The third kappa shape index (κ3) is 3.90. The predicted octanol–water partition coefficient (Wildman–Crippen LogP) is 1.85. The van der Waals surface area contributed by atoms with Gasteiger partial charge in [0.15, 0.2) is 0 Å². The van der Waals surface area contributed by atoms with Gasteiger partial charge in [0.05, 0.1) is 12.4 Å². The van der Waals surface area contributed by atoms with E-state index in [0.29, 0.717) is 25.4 Å². The zero-order chi connectivity index (χ0) is 14.5. The molecular formula is C13H16ClN3O3.